The van der Waals surface area contributed by atoms with Crippen molar-refractivity contribution in [3.63, 3.8) is 0 Å². The van der Waals surface area contributed by atoms with Gasteiger partial charge in [-0.15, -0.1) is 4.28 Å². The van der Waals surface area contributed by atoms with Gasteiger partial charge in [0.25, 0.3) is 5.91 Å². The monoisotopic (exact) mass is 387 g/mol. The number of carbonyl (C=O) groups excluding carboxylic acids is 3. The third-order valence-corrected chi connectivity index (χ3v) is 4.13. The Hall–Kier alpha value is -0.920. The third kappa shape index (κ3) is 5.28. The van der Waals surface area contributed by atoms with Crippen LogP contribution in [0.2, 0.25) is 0 Å². The molecule has 2 bridgehead atoms. The molecule has 2 fully saturated rings. The number of rotatable bonds is 3. The Balaban J connectivity index is 0.00000312. The van der Waals surface area contributed by atoms with E-state index in [1.807, 2.05) is 0 Å². The molecule has 0 unspecified atom stereocenters. The van der Waals surface area contributed by atoms with Gasteiger partial charge in [0.15, 0.2) is 0 Å². The minimum atomic E-state index is -4.83. The van der Waals surface area contributed by atoms with Crippen molar-refractivity contribution in [2.75, 3.05) is 6.54 Å². The number of hydrogen-bond donors (Lipinski definition) is 3. The van der Waals surface area contributed by atoms with Crippen LogP contribution < -0.4 is 10.9 Å². The van der Waals surface area contributed by atoms with Gasteiger partial charge < -0.3 is 4.90 Å². The van der Waals surface area contributed by atoms with Gasteiger partial charge in [-0.2, -0.15) is 13.5 Å². The summed E-state index contributed by atoms with van der Waals surface area (Å²) < 4.78 is 34.6. The second kappa shape index (κ2) is 7.76. The van der Waals surface area contributed by atoms with Crippen molar-refractivity contribution in [3.05, 3.63) is 0 Å². The van der Waals surface area contributed by atoms with Gasteiger partial charge in [0.1, 0.15) is 6.04 Å². The van der Waals surface area contributed by atoms with Crippen molar-refractivity contribution in [1.82, 2.24) is 20.8 Å². The molecule has 2 aliphatic rings. The van der Waals surface area contributed by atoms with Crippen molar-refractivity contribution in [2.45, 2.75) is 45.7 Å². The van der Waals surface area contributed by atoms with Gasteiger partial charge >= 0.3 is 16.4 Å². The number of carbonyl (C=O) groups is 3. The fourth-order valence-electron chi connectivity index (χ4n) is 2.49. The molecular weight excluding hydrogens is 367 g/mol. The van der Waals surface area contributed by atoms with Crippen molar-refractivity contribution >= 4 is 57.8 Å². The topological polar surface area (TPSA) is 145 Å². The molecule has 0 aromatic heterocycles. The first-order valence-electron chi connectivity index (χ1n) is 7.27. The van der Waals surface area contributed by atoms with E-state index < -0.39 is 45.7 Å². The van der Waals surface area contributed by atoms with Crippen molar-refractivity contribution in [2.24, 2.45) is 5.41 Å². The van der Waals surface area contributed by atoms with Crippen LogP contribution in [-0.4, -0.2) is 89.0 Å². The van der Waals surface area contributed by atoms with Crippen molar-refractivity contribution in [3.8, 4) is 0 Å². The molecule has 0 aromatic rings. The first-order chi connectivity index (χ1) is 10.9. The molecular formula is C12H20N4NaO7S. The van der Waals surface area contributed by atoms with Crippen LogP contribution in [0, 0.1) is 5.41 Å². The van der Waals surface area contributed by atoms with Crippen LogP contribution >= 0.6 is 0 Å². The number of nitrogens with zero attached hydrogens (tertiary/aromatic N) is 2. The number of hydroxylamine groups is 2. The first-order valence-corrected chi connectivity index (χ1v) is 8.64. The van der Waals surface area contributed by atoms with Gasteiger partial charge in [-0.25, -0.2) is 4.79 Å². The number of urea groups is 1. The zero-order valence-corrected chi connectivity index (χ0v) is 17.3. The predicted molar refractivity (Wildman–Crippen MR) is 84.9 cm³/mol. The van der Waals surface area contributed by atoms with Gasteiger partial charge in [-0.05, 0) is 12.8 Å². The second-order valence-electron chi connectivity index (χ2n) is 6.70. The molecule has 0 spiro atoms. The number of fused-ring (bicyclic) bond motifs is 2. The standard InChI is InChI=1S/C12H20N4O7S.Na/c1-12(2,3)10(18)14-13-9(17)8-5-4-7-6-15(8)11(19)16(7)23-24(20,21)22;/h7-8H,4-6H2,1-3H3,(H,13,17)(H,14,18)(H,20,21,22);/t7-,8+;/m1./s1. The van der Waals surface area contributed by atoms with Crippen LogP contribution in [0.1, 0.15) is 33.6 Å². The molecule has 25 heavy (non-hydrogen) atoms. The van der Waals surface area contributed by atoms with Crippen LogP contribution in [0.5, 0.6) is 0 Å². The van der Waals surface area contributed by atoms with E-state index in [1.54, 1.807) is 20.8 Å². The maximum atomic E-state index is 12.2. The van der Waals surface area contributed by atoms with Gasteiger partial charge in [-0.3, -0.25) is 25.0 Å². The largest absolute Gasteiger partial charge is 0.418 e. The molecule has 2 atom stereocenters. The minimum absolute atomic E-state index is 0. The number of piperidine rings is 1. The molecule has 2 rings (SSSR count). The van der Waals surface area contributed by atoms with E-state index in [4.69, 9.17) is 4.55 Å². The van der Waals surface area contributed by atoms with E-state index in [0.717, 1.165) is 4.90 Å². The summed E-state index contributed by atoms with van der Waals surface area (Å²) in [7, 11) is -4.83. The Bertz CT molecular complexity index is 663. The third-order valence-electron chi connectivity index (χ3n) is 3.78. The fourth-order valence-corrected chi connectivity index (χ4v) is 2.88. The van der Waals surface area contributed by atoms with Crippen molar-refractivity contribution < 1.29 is 31.6 Å². The van der Waals surface area contributed by atoms with Crippen LogP contribution in [0.15, 0.2) is 0 Å². The zero-order valence-electron chi connectivity index (χ0n) is 14.5. The maximum Gasteiger partial charge on any atom is 0.418 e. The van der Waals surface area contributed by atoms with E-state index in [9.17, 15) is 22.8 Å². The van der Waals surface area contributed by atoms with Gasteiger partial charge in [0.2, 0.25) is 5.91 Å². The van der Waals surface area contributed by atoms with Gasteiger partial charge in [-0.1, -0.05) is 20.8 Å². The summed E-state index contributed by atoms with van der Waals surface area (Å²) in [5.74, 6) is -0.985. The summed E-state index contributed by atoms with van der Waals surface area (Å²) in [5, 5.41) is 0.552. The summed E-state index contributed by atoms with van der Waals surface area (Å²) >= 11 is 0. The molecule has 2 heterocycles. The van der Waals surface area contributed by atoms with E-state index in [1.165, 1.54) is 0 Å². The number of hydrazine groups is 1. The number of hydrogen-bond acceptors (Lipinski definition) is 6. The Morgan fingerprint density at radius 2 is 1.84 bits per heavy atom. The molecule has 1 radical (unpaired) electrons. The second-order valence-corrected chi connectivity index (χ2v) is 7.71. The van der Waals surface area contributed by atoms with E-state index >= 15 is 0 Å². The molecule has 0 aliphatic carbocycles. The summed E-state index contributed by atoms with van der Waals surface area (Å²) in [6.45, 7) is 5.11. The summed E-state index contributed by atoms with van der Waals surface area (Å²) in [6.07, 6.45) is 0.571. The Kier molecular flexibility index (Phi) is 6.87. The summed E-state index contributed by atoms with van der Waals surface area (Å²) in [4.78, 5) is 37.3. The molecule has 2 aliphatic heterocycles. The van der Waals surface area contributed by atoms with Crippen molar-refractivity contribution in [1.29, 1.82) is 0 Å². The maximum absolute atomic E-state index is 12.2. The van der Waals surface area contributed by atoms with Crippen LogP contribution in [-0.2, 0) is 24.3 Å². The quantitative estimate of drug-likeness (QED) is 0.313. The molecule has 11 nitrogen and oxygen atoms in total. The Morgan fingerprint density at radius 3 is 2.36 bits per heavy atom. The predicted octanol–water partition coefficient (Wildman–Crippen LogP) is -1.20. The average Bonchev–Trinajstić information content (AvgIpc) is 2.67. The molecule has 3 N–H and O–H groups in total. The molecule has 2 saturated heterocycles. The number of nitrogens with one attached hydrogen (secondary N) is 2. The Labute approximate surface area is 167 Å². The SMILES string of the molecule is CC(C)(C)C(=O)NNC(=O)[C@@H]1CC[C@@H]2CN1C(=O)N2OS(=O)(=O)O.[Na]. The zero-order chi connectivity index (χ0) is 18.3. The molecule has 13 heteroatoms. The molecule has 4 amide bonds. The number of amides is 4. The van der Waals surface area contributed by atoms with Crippen LogP contribution in [0.4, 0.5) is 4.79 Å². The van der Waals surface area contributed by atoms with Crippen LogP contribution in [0.3, 0.4) is 0 Å². The molecule has 137 valence electrons. The first kappa shape index (κ1) is 22.1. The van der Waals surface area contributed by atoms with E-state index in [0.29, 0.717) is 11.5 Å². The van der Waals surface area contributed by atoms with Gasteiger partial charge in [0, 0.05) is 41.5 Å². The minimum Gasteiger partial charge on any atom is -0.309 e. The fraction of sp³-hybridized carbons (Fsp3) is 0.750. The van der Waals surface area contributed by atoms with E-state index in [-0.39, 0.29) is 42.5 Å². The normalized spacial score (nSPS) is 23.1. The molecule has 0 saturated carbocycles. The molecule has 0 aromatic carbocycles. The summed E-state index contributed by atoms with van der Waals surface area (Å²) in [6, 6.07) is -2.28. The Morgan fingerprint density at radius 1 is 1.24 bits per heavy atom. The van der Waals surface area contributed by atoms with Crippen LogP contribution in [0.25, 0.3) is 0 Å². The van der Waals surface area contributed by atoms with E-state index in [2.05, 4.69) is 15.1 Å². The summed E-state index contributed by atoms with van der Waals surface area (Å²) in [5.41, 5.74) is 3.85. The average molecular weight is 387 g/mol. The smallest absolute Gasteiger partial charge is 0.309 e. The van der Waals surface area contributed by atoms with Gasteiger partial charge in [0.05, 0.1) is 6.04 Å².